The molecule has 2 aliphatic carbocycles. The number of benzene rings is 1. The summed E-state index contributed by atoms with van der Waals surface area (Å²) >= 11 is 0. The number of allylic oxidation sites excluding steroid dienone is 1. The summed E-state index contributed by atoms with van der Waals surface area (Å²) in [6, 6.07) is 3.95. The normalized spacial score (nSPS) is 30.1. The fourth-order valence-corrected chi connectivity index (χ4v) is 9.90. The van der Waals surface area contributed by atoms with Crippen LogP contribution in [0.2, 0.25) is 0 Å². The fourth-order valence-electron chi connectivity index (χ4n) is 8.47. The van der Waals surface area contributed by atoms with Gasteiger partial charge in [-0.05, 0) is 73.9 Å². The molecular formula is C39H50FN5O11S. The molecule has 4 heterocycles. The number of rotatable bonds is 10. The van der Waals surface area contributed by atoms with Gasteiger partial charge in [0.25, 0.3) is 5.91 Å². The number of fused-ring (bicyclic) bond motifs is 3. The largest absolute Gasteiger partial charge is 0.497 e. The van der Waals surface area contributed by atoms with E-state index in [1.807, 2.05) is 19.9 Å². The lowest BCUT2D eigenvalue weighted by atomic mass is 9.86. The number of hydrogen-bond donors (Lipinski definition) is 3. The number of methoxy groups -OCH3 is 2. The smallest absolute Gasteiger partial charge is 0.408 e. The Hall–Kier alpha value is -4.71. The first-order chi connectivity index (χ1) is 27.2. The van der Waals surface area contributed by atoms with Crippen molar-refractivity contribution >= 4 is 44.6 Å². The Morgan fingerprint density at radius 3 is 2.53 bits per heavy atom. The topological polar surface area (TPSA) is 203 Å². The van der Waals surface area contributed by atoms with Gasteiger partial charge < -0.3 is 34.3 Å². The second kappa shape index (κ2) is 15.6. The molecule has 16 nitrogen and oxygen atoms in total. The molecular weight excluding hydrogens is 766 g/mol. The van der Waals surface area contributed by atoms with E-state index in [4.69, 9.17) is 18.9 Å². The van der Waals surface area contributed by atoms with E-state index in [9.17, 15) is 32.3 Å². The maximum Gasteiger partial charge on any atom is 0.408 e. The Balaban J connectivity index is 1.26. The summed E-state index contributed by atoms with van der Waals surface area (Å²) in [7, 11) is -1.42. The summed E-state index contributed by atoms with van der Waals surface area (Å²) < 4.78 is 63.4. The minimum absolute atomic E-state index is 0.0578. The maximum atomic E-state index is 15.0. The second-order valence-electron chi connectivity index (χ2n) is 16.2. The quantitative estimate of drug-likeness (QED) is 0.296. The summed E-state index contributed by atoms with van der Waals surface area (Å²) in [4.78, 5) is 63.5. The predicted molar refractivity (Wildman–Crippen MR) is 203 cm³/mol. The molecule has 57 heavy (non-hydrogen) atoms. The molecule has 2 saturated heterocycles. The van der Waals surface area contributed by atoms with Crippen LogP contribution in [-0.2, 0) is 29.1 Å². The lowest BCUT2D eigenvalue weighted by Gasteiger charge is -2.43. The number of halogens is 1. The van der Waals surface area contributed by atoms with Crippen molar-refractivity contribution in [1.29, 1.82) is 0 Å². The highest BCUT2D eigenvalue weighted by atomic mass is 32.2. The molecule has 7 atom stereocenters. The lowest BCUT2D eigenvalue weighted by Crippen LogP contribution is -2.63. The van der Waals surface area contributed by atoms with Gasteiger partial charge in [-0.1, -0.05) is 26.0 Å². The van der Waals surface area contributed by atoms with E-state index in [1.54, 1.807) is 30.3 Å². The van der Waals surface area contributed by atoms with Gasteiger partial charge in [0.2, 0.25) is 33.6 Å². The van der Waals surface area contributed by atoms with E-state index in [2.05, 4.69) is 15.0 Å². The van der Waals surface area contributed by atoms with Gasteiger partial charge in [0.15, 0.2) is 0 Å². The highest BCUT2D eigenvalue weighted by Gasteiger charge is 2.64. The van der Waals surface area contributed by atoms with Crippen LogP contribution in [-0.4, -0.2) is 127 Å². The van der Waals surface area contributed by atoms with Gasteiger partial charge in [0, 0.05) is 23.8 Å². The fraction of sp³-hybridized carbons (Fsp3) is 0.615. The molecule has 18 heteroatoms. The van der Waals surface area contributed by atoms with Crippen molar-refractivity contribution in [2.75, 3.05) is 40.7 Å². The van der Waals surface area contributed by atoms with Crippen molar-refractivity contribution in [3.8, 4) is 17.5 Å². The minimum Gasteiger partial charge on any atom is -0.497 e. The van der Waals surface area contributed by atoms with Gasteiger partial charge in [-0.25, -0.2) is 17.6 Å². The van der Waals surface area contributed by atoms with E-state index in [-0.39, 0.29) is 63.1 Å². The summed E-state index contributed by atoms with van der Waals surface area (Å²) in [5.74, 6) is -2.34. The SMILES string of the molecule is COc1ccc2c(O[C@@H]3C[C@H]4C(=O)N[C@]5(C(=O)NS(=O)(=O)C6(CF)CC6)C[C@H]5C=CCC[C@@H](C)C[C@@H](C)[C@H](N(C(=O)O)C5COC5)C(=O)N4C3)nc(OC)cc2c1. The molecule has 3 aliphatic heterocycles. The zero-order chi connectivity index (χ0) is 40.9. The number of nitrogens with zero attached hydrogens (tertiary/aromatic N) is 3. The van der Waals surface area contributed by atoms with E-state index in [0.717, 1.165) is 4.90 Å². The number of ether oxygens (including phenoxy) is 4. The number of alkyl halides is 1. The minimum atomic E-state index is -4.41. The molecule has 0 unspecified atom stereocenters. The third-order valence-corrected chi connectivity index (χ3v) is 14.3. The standard InChI is InChI=1S/C39H50FN5O11S/c1-22-7-5-6-8-25-17-39(25,36(48)43-57(51,52)38(21-40)11-12-38)42-33(46)30-16-28(56-34-29-10-9-27(53-3)14-24(29)15-31(41-34)54-4)18-44(30)35(47)32(23(2)13-22)45(37(49)50)26-19-55-20-26/h6,8-10,14-15,22-23,25-26,28,30,32H,5,7,11-13,16-21H2,1-4H3,(H,42,46)(H,43,48)(H,49,50)/t22-,23-,25-,28-,30+,32+,39-/m1/s1. The average Bonchev–Trinajstić information content (AvgIpc) is 4.06. The third kappa shape index (κ3) is 7.69. The molecule has 310 valence electrons. The molecule has 0 spiro atoms. The van der Waals surface area contributed by atoms with Gasteiger partial charge in [-0.2, -0.15) is 4.98 Å². The Bertz CT molecular complexity index is 2050. The summed E-state index contributed by atoms with van der Waals surface area (Å²) in [6.07, 6.45) is 3.44. The van der Waals surface area contributed by atoms with Crippen molar-refractivity contribution in [2.24, 2.45) is 17.8 Å². The van der Waals surface area contributed by atoms with E-state index in [1.165, 1.54) is 19.1 Å². The molecule has 0 radical (unpaired) electrons. The first kappa shape index (κ1) is 40.5. The van der Waals surface area contributed by atoms with Crippen LogP contribution in [0, 0.1) is 17.8 Å². The second-order valence-corrected chi connectivity index (χ2v) is 18.3. The molecule has 7 rings (SSSR count). The zero-order valence-corrected chi connectivity index (χ0v) is 33.3. The Labute approximate surface area is 330 Å². The van der Waals surface area contributed by atoms with Crippen molar-refractivity contribution < 1.29 is 56.0 Å². The van der Waals surface area contributed by atoms with Crippen LogP contribution in [0.4, 0.5) is 9.18 Å². The predicted octanol–water partition coefficient (Wildman–Crippen LogP) is 3.18. The van der Waals surface area contributed by atoms with Gasteiger partial charge in [0.1, 0.15) is 40.9 Å². The van der Waals surface area contributed by atoms with E-state index in [0.29, 0.717) is 35.8 Å². The summed E-state index contributed by atoms with van der Waals surface area (Å²) in [5, 5.41) is 14.6. The Morgan fingerprint density at radius 1 is 1.14 bits per heavy atom. The lowest BCUT2D eigenvalue weighted by molar-refractivity contribution is -0.149. The van der Waals surface area contributed by atoms with E-state index >= 15 is 4.79 Å². The number of carbonyl (C=O) groups is 4. The first-order valence-electron chi connectivity index (χ1n) is 19.4. The molecule has 3 N–H and O–H groups in total. The van der Waals surface area contributed by atoms with Crippen molar-refractivity contribution in [3.05, 3.63) is 36.4 Å². The maximum absolute atomic E-state index is 15.0. The number of carbonyl (C=O) groups excluding carboxylic acids is 3. The third-order valence-electron chi connectivity index (χ3n) is 12.2. The molecule has 4 amide bonds. The molecule has 1 aromatic heterocycles. The zero-order valence-electron chi connectivity index (χ0n) is 32.4. The number of aromatic nitrogens is 1. The Morgan fingerprint density at radius 2 is 1.89 bits per heavy atom. The number of amides is 4. The monoisotopic (exact) mass is 815 g/mol. The molecule has 2 saturated carbocycles. The van der Waals surface area contributed by atoms with Crippen molar-refractivity contribution in [3.63, 3.8) is 0 Å². The van der Waals surface area contributed by atoms with Gasteiger partial charge >= 0.3 is 6.09 Å². The molecule has 5 aliphatic rings. The van der Waals surface area contributed by atoms with Gasteiger partial charge in [0.05, 0.1) is 40.0 Å². The number of sulfonamides is 1. The highest BCUT2D eigenvalue weighted by molar-refractivity contribution is 7.91. The van der Waals surface area contributed by atoms with Crippen molar-refractivity contribution in [2.45, 2.75) is 93.3 Å². The van der Waals surface area contributed by atoms with Crippen LogP contribution in [0.5, 0.6) is 17.5 Å². The number of hydrogen-bond acceptors (Lipinski definition) is 11. The van der Waals surface area contributed by atoms with Crippen LogP contribution in [0.25, 0.3) is 10.8 Å². The molecule has 4 fully saturated rings. The van der Waals surface area contributed by atoms with Crippen LogP contribution >= 0.6 is 0 Å². The van der Waals surface area contributed by atoms with Gasteiger partial charge in [-0.15, -0.1) is 0 Å². The Kier molecular flexibility index (Phi) is 11.1. The van der Waals surface area contributed by atoms with Crippen molar-refractivity contribution in [1.82, 2.24) is 24.8 Å². The summed E-state index contributed by atoms with van der Waals surface area (Å²) in [5.41, 5.74) is -1.70. The van der Waals surface area contributed by atoms with Crippen LogP contribution in [0.1, 0.15) is 58.8 Å². The molecule has 2 aromatic rings. The number of carboxylic acid groups (broad SMARTS) is 1. The molecule has 1 aromatic carbocycles. The highest BCUT2D eigenvalue weighted by Crippen LogP contribution is 2.48. The number of nitrogens with one attached hydrogen (secondary N) is 2. The molecule has 0 bridgehead atoms. The summed E-state index contributed by atoms with van der Waals surface area (Å²) in [6.45, 7) is 2.79. The van der Waals surface area contributed by atoms with Crippen LogP contribution < -0.4 is 24.2 Å². The van der Waals surface area contributed by atoms with E-state index < -0.39 is 86.9 Å². The average molecular weight is 816 g/mol. The van der Waals surface area contributed by atoms with Gasteiger partial charge in [-0.3, -0.25) is 24.0 Å². The first-order valence-corrected chi connectivity index (χ1v) is 20.8. The van der Waals surface area contributed by atoms with Crippen LogP contribution in [0.15, 0.2) is 36.4 Å². The number of pyridine rings is 1. The van der Waals surface area contributed by atoms with Crippen LogP contribution in [0.3, 0.4) is 0 Å².